The summed E-state index contributed by atoms with van der Waals surface area (Å²) in [6.07, 6.45) is 3.61. The Kier molecular flexibility index (Phi) is 5.44. The number of hydrogen-bond donors (Lipinski definition) is 0. The molecule has 28 heavy (non-hydrogen) atoms. The first-order valence-electron chi connectivity index (χ1n) is 9.21. The number of benzene rings is 1. The van der Waals surface area contributed by atoms with Gasteiger partial charge in [0.15, 0.2) is 0 Å². The van der Waals surface area contributed by atoms with Crippen molar-refractivity contribution in [1.29, 1.82) is 0 Å². The van der Waals surface area contributed by atoms with E-state index >= 15 is 0 Å². The summed E-state index contributed by atoms with van der Waals surface area (Å²) in [6, 6.07) is 9.34. The van der Waals surface area contributed by atoms with E-state index in [0.29, 0.717) is 24.2 Å². The van der Waals surface area contributed by atoms with Crippen LogP contribution in [0, 0.1) is 23.0 Å². The number of pyridine rings is 1. The Bertz CT molecular complexity index is 1020. The van der Waals surface area contributed by atoms with E-state index in [1.807, 2.05) is 45.0 Å². The van der Waals surface area contributed by atoms with E-state index in [0.717, 1.165) is 16.8 Å². The molecule has 0 fully saturated rings. The fraction of sp³-hybridized carbons (Fsp3) is 0.333. The molecule has 0 spiro atoms. The van der Waals surface area contributed by atoms with Crippen LogP contribution in [0.3, 0.4) is 0 Å². The molecule has 0 aliphatic carbocycles. The number of imidazole rings is 1. The number of carbonyl (C=O) groups is 1. The van der Waals surface area contributed by atoms with E-state index in [4.69, 9.17) is 0 Å². The number of amides is 1. The molecule has 0 saturated carbocycles. The molecule has 146 valence electrons. The topological polar surface area (TPSA) is 80.8 Å². The van der Waals surface area contributed by atoms with Gasteiger partial charge in [0.2, 0.25) is 5.91 Å². The van der Waals surface area contributed by atoms with Crippen LogP contribution in [-0.4, -0.2) is 32.2 Å². The first-order valence-corrected chi connectivity index (χ1v) is 9.21. The van der Waals surface area contributed by atoms with Crippen molar-refractivity contribution in [3.05, 3.63) is 64.1 Å². The summed E-state index contributed by atoms with van der Waals surface area (Å²) in [5, 5.41) is 11.5. The summed E-state index contributed by atoms with van der Waals surface area (Å²) < 4.78 is 1.71. The first-order chi connectivity index (χ1) is 13.3. The molecular formula is C21H24N4O3. The van der Waals surface area contributed by atoms with Crippen LogP contribution in [0.4, 0.5) is 5.69 Å². The third-order valence-corrected chi connectivity index (χ3v) is 4.65. The normalized spacial score (nSPS) is 11.2. The van der Waals surface area contributed by atoms with Gasteiger partial charge in [-0.2, -0.15) is 0 Å². The van der Waals surface area contributed by atoms with E-state index in [2.05, 4.69) is 4.98 Å². The van der Waals surface area contributed by atoms with Gasteiger partial charge < -0.3 is 4.90 Å². The second-order valence-corrected chi connectivity index (χ2v) is 7.53. The number of rotatable bonds is 6. The van der Waals surface area contributed by atoms with Crippen molar-refractivity contribution in [3.8, 4) is 11.1 Å². The molecule has 0 unspecified atom stereocenters. The minimum absolute atomic E-state index is 0.0153. The summed E-state index contributed by atoms with van der Waals surface area (Å²) in [4.78, 5) is 29.5. The maximum atomic E-state index is 12.3. The van der Waals surface area contributed by atoms with Crippen LogP contribution < -0.4 is 0 Å². The molecule has 2 heterocycles. The molecule has 1 amide bonds. The molecule has 7 heteroatoms. The molecule has 0 N–H and O–H groups in total. The van der Waals surface area contributed by atoms with Crippen molar-refractivity contribution in [2.24, 2.45) is 5.92 Å². The Morgan fingerprint density at radius 3 is 2.57 bits per heavy atom. The van der Waals surface area contributed by atoms with Gasteiger partial charge in [-0.1, -0.05) is 43.7 Å². The van der Waals surface area contributed by atoms with Gasteiger partial charge in [0.05, 0.1) is 29.6 Å². The highest BCUT2D eigenvalue weighted by Crippen LogP contribution is 2.29. The zero-order valence-electron chi connectivity index (χ0n) is 16.5. The number of nitro groups is 1. The summed E-state index contributed by atoms with van der Waals surface area (Å²) >= 11 is 0. The van der Waals surface area contributed by atoms with E-state index in [1.165, 1.54) is 6.20 Å². The highest BCUT2D eigenvalue weighted by Gasteiger charge is 2.19. The standard InChI is InChI=1S/C21H24N4O3/c1-14(2)9-20(26)23(4)12-18-11-22-21-19(16-7-5-15(3)6-8-16)10-17(25(27)28)13-24(18)21/h5-8,10-11,13-14H,9,12H2,1-4H3. The van der Waals surface area contributed by atoms with Crippen molar-refractivity contribution in [2.75, 3.05) is 7.05 Å². The number of fused-ring (bicyclic) bond motifs is 1. The lowest BCUT2D eigenvalue weighted by atomic mass is 10.1. The second-order valence-electron chi connectivity index (χ2n) is 7.53. The van der Waals surface area contributed by atoms with Crippen molar-refractivity contribution in [2.45, 2.75) is 33.7 Å². The number of hydrogen-bond acceptors (Lipinski definition) is 4. The molecule has 0 saturated heterocycles. The zero-order valence-corrected chi connectivity index (χ0v) is 16.5. The summed E-state index contributed by atoms with van der Waals surface area (Å²) in [6.45, 7) is 6.32. The molecule has 0 aliphatic heterocycles. The van der Waals surface area contributed by atoms with E-state index < -0.39 is 4.92 Å². The van der Waals surface area contributed by atoms with Crippen LogP contribution >= 0.6 is 0 Å². The minimum Gasteiger partial charge on any atom is -0.340 e. The van der Waals surface area contributed by atoms with Gasteiger partial charge in [0, 0.05) is 25.1 Å². The van der Waals surface area contributed by atoms with Crippen LogP contribution in [-0.2, 0) is 11.3 Å². The molecule has 0 atom stereocenters. The van der Waals surface area contributed by atoms with Crippen molar-refractivity contribution < 1.29 is 9.72 Å². The Hall–Kier alpha value is -3.22. The first kappa shape index (κ1) is 19.5. The van der Waals surface area contributed by atoms with Crippen LogP contribution in [0.1, 0.15) is 31.5 Å². The predicted octanol–water partition coefficient (Wildman–Crippen LogP) is 4.22. The van der Waals surface area contributed by atoms with E-state index in [9.17, 15) is 14.9 Å². The lowest BCUT2D eigenvalue weighted by Crippen LogP contribution is -2.27. The van der Waals surface area contributed by atoms with Crippen LogP contribution in [0.15, 0.2) is 42.7 Å². The number of aromatic nitrogens is 2. The number of aryl methyl sites for hydroxylation is 1. The molecule has 0 bridgehead atoms. The minimum atomic E-state index is -0.408. The molecule has 7 nitrogen and oxygen atoms in total. The average molecular weight is 380 g/mol. The van der Waals surface area contributed by atoms with Crippen LogP contribution in [0.2, 0.25) is 0 Å². The SMILES string of the molecule is Cc1ccc(-c2cc([N+](=O)[O-])cn3c(CN(C)C(=O)CC(C)C)cnc23)cc1. The fourth-order valence-corrected chi connectivity index (χ4v) is 3.12. The zero-order chi connectivity index (χ0) is 20.4. The summed E-state index contributed by atoms with van der Waals surface area (Å²) in [5.41, 5.74) is 4.01. The molecule has 1 aromatic carbocycles. The van der Waals surface area contributed by atoms with Gasteiger partial charge in [-0.25, -0.2) is 4.98 Å². The van der Waals surface area contributed by atoms with Crippen molar-refractivity contribution >= 4 is 17.2 Å². The maximum Gasteiger partial charge on any atom is 0.286 e. The molecular weight excluding hydrogens is 356 g/mol. The lowest BCUT2D eigenvalue weighted by Gasteiger charge is -2.18. The smallest absolute Gasteiger partial charge is 0.286 e. The second kappa shape index (κ2) is 7.80. The lowest BCUT2D eigenvalue weighted by molar-refractivity contribution is -0.385. The Labute approximate surface area is 163 Å². The van der Waals surface area contributed by atoms with Gasteiger partial charge in [0.1, 0.15) is 5.65 Å². The Morgan fingerprint density at radius 1 is 1.29 bits per heavy atom. The highest BCUT2D eigenvalue weighted by atomic mass is 16.6. The van der Waals surface area contributed by atoms with Gasteiger partial charge in [0.25, 0.3) is 5.69 Å². The van der Waals surface area contributed by atoms with Crippen LogP contribution in [0.5, 0.6) is 0 Å². The molecule has 0 radical (unpaired) electrons. The predicted molar refractivity (Wildman–Crippen MR) is 108 cm³/mol. The van der Waals surface area contributed by atoms with Gasteiger partial charge in [-0.05, 0) is 18.4 Å². The molecule has 2 aromatic heterocycles. The van der Waals surface area contributed by atoms with Gasteiger partial charge in [-0.3, -0.25) is 19.3 Å². The van der Waals surface area contributed by atoms with E-state index in [-0.39, 0.29) is 17.5 Å². The molecule has 0 aliphatic rings. The third-order valence-electron chi connectivity index (χ3n) is 4.65. The largest absolute Gasteiger partial charge is 0.340 e. The fourth-order valence-electron chi connectivity index (χ4n) is 3.12. The maximum absolute atomic E-state index is 12.3. The Balaban J connectivity index is 2.06. The Morgan fingerprint density at radius 2 is 1.96 bits per heavy atom. The quantitative estimate of drug-likeness (QED) is 0.474. The van der Waals surface area contributed by atoms with Crippen molar-refractivity contribution in [3.63, 3.8) is 0 Å². The number of carbonyl (C=O) groups excluding carboxylic acids is 1. The summed E-state index contributed by atoms with van der Waals surface area (Å²) in [7, 11) is 1.74. The summed E-state index contributed by atoms with van der Waals surface area (Å²) in [5.74, 6) is 0.306. The molecule has 3 rings (SSSR count). The van der Waals surface area contributed by atoms with Gasteiger partial charge >= 0.3 is 0 Å². The van der Waals surface area contributed by atoms with Crippen molar-refractivity contribution in [1.82, 2.24) is 14.3 Å². The third kappa shape index (κ3) is 4.03. The van der Waals surface area contributed by atoms with Gasteiger partial charge in [-0.15, -0.1) is 0 Å². The molecule has 3 aromatic rings. The average Bonchev–Trinajstić information content (AvgIpc) is 3.04. The monoisotopic (exact) mass is 380 g/mol. The highest BCUT2D eigenvalue weighted by molar-refractivity contribution is 5.80. The van der Waals surface area contributed by atoms with Crippen LogP contribution in [0.25, 0.3) is 16.8 Å². The number of nitrogens with zero attached hydrogens (tertiary/aromatic N) is 4. The van der Waals surface area contributed by atoms with E-state index in [1.54, 1.807) is 28.6 Å².